The summed E-state index contributed by atoms with van der Waals surface area (Å²) in [4.78, 5) is 19.2. The lowest BCUT2D eigenvalue weighted by molar-refractivity contribution is -0.120. The van der Waals surface area contributed by atoms with E-state index in [1.54, 1.807) is 12.1 Å². The molecule has 1 aromatic carbocycles. The lowest BCUT2D eigenvalue weighted by Crippen LogP contribution is -2.44. The molecule has 3 rings (SSSR count). The number of carbonyl (C=O) groups is 1. The number of nitrogens with zero attached hydrogens (tertiary/aromatic N) is 2. The van der Waals surface area contributed by atoms with Crippen LogP contribution in [0, 0.1) is 6.92 Å². The fourth-order valence-electron chi connectivity index (χ4n) is 3.30. The molecule has 5 nitrogen and oxygen atoms in total. The number of piperidine rings is 1. The molecule has 1 aromatic heterocycles. The van der Waals surface area contributed by atoms with Crippen molar-refractivity contribution in [1.29, 1.82) is 0 Å². The number of benzene rings is 1. The molecular weight excluding hydrogens is 350 g/mol. The van der Waals surface area contributed by atoms with Crippen LogP contribution in [0.2, 0.25) is 5.02 Å². The number of rotatable bonds is 6. The average molecular weight is 376 g/mol. The highest BCUT2D eigenvalue weighted by Gasteiger charge is 2.19. The zero-order valence-corrected chi connectivity index (χ0v) is 16.2. The number of hydrogen-bond acceptors (Lipinski definition) is 4. The summed E-state index contributed by atoms with van der Waals surface area (Å²) in [6.45, 7) is 6.92. The van der Waals surface area contributed by atoms with Crippen LogP contribution in [0.15, 0.2) is 28.7 Å². The maximum Gasteiger partial charge on any atom is 0.226 e. The first kappa shape index (κ1) is 18.9. The van der Waals surface area contributed by atoms with Crippen LogP contribution >= 0.6 is 11.6 Å². The van der Waals surface area contributed by atoms with E-state index in [1.807, 2.05) is 19.1 Å². The number of aromatic nitrogens is 1. The minimum atomic E-state index is -0.0251. The van der Waals surface area contributed by atoms with E-state index >= 15 is 0 Å². The highest BCUT2D eigenvalue weighted by Crippen LogP contribution is 2.24. The first-order valence-corrected chi connectivity index (χ1v) is 9.63. The molecule has 0 saturated carbocycles. The van der Waals surface area contributed by atoms with Crippen molar-refractivity contribution < 1.29 is 9.21 Å². The van der Waals surface area contributed by atoms with Gasteiger partial charge in [-0.2, -0.15) is 0 Å². The van der Waals surface area contributed by atoms with Crippen LogP contribution in [-0.4, -0.2) is 41.5 Å². The van der Waals surface area contributed by atoms with Gasteiger partial charge in [-0.1, -0.05) is 24.1 Å². The topological polar surface area (TPSA) is 58.4 Å². The van der Waals surface area contributed by atoms with Crippen molar-refractivity contribution in [2.75, 3.05) is 19.6 Å². The van der Waals surface area contributed by atoms with Gasteiger partial charge in [0.1, 0.15) is 5.76 Å². The molecule has 1 saturated heterocycles. The maximum absolute atomic E-state index is 12.3. The van der Waals surface area contributed by atoms with Crippen molar-refractivity contribution in [1.82, 2.24) is 15.2 Å². The van der Waals surface area contributed by atoms with E-state index < -0.39 is 0 Å². The number of hydrogen-bond donors (Lipinski definition) is 1. The van der Waals surface area contributed by atoms with E-state index in [-0.39, 0.29) is 12.3 Å². The third-order valence-electron chi connectivity index (χ3n) is 4.90. The molecule has 1 fully saturated rings. The van der Waals surface area contributed by atoms with Gasteiger partial charge in [0, 0.05) is 23.2 Å². The highest BCUT2D eigenvalue weighted by molar-refractivity contribution is 6.30. The number of oxazole rings is 1. The Balaban J connectivity index is 1.56. The largest absolute Gasteiger partial charge is 0.441 e. The summed E-state index contributed by atoms with van der Waals surface area (Å²) in [5.41, 5.74) is 1.48. The second-order valence-electron chi connectivity index (χ2n) is 6.96. The van der Waals surface area contributed by atoms with E-state index in [0.717, 1.165) is 18.7 Å². The van der Waals surface area contributed by atoms with Crippen molar-refractivity contribution in [3.63, 3.8) is 0 Å². The zero-order valence-electron chi connectivity index (χ0n) is 15.4. The lowest BCUT2D eigenvalue weighted by atomic mass is 10.1. The zero-order chi connectivity index (χ0) is 18.5. The first-order chi connectivity index (χ1) is 12.5. The molecule has 2 aromatic rings. The molecule has 26 heavy (non-hydrogen) atoms. The molecule has 140 valence electrons. The van der Waals surface area contributed by atoms with Crippen molar-refractivity contribution in [2.24, 2.45) is 0 Å². The number of carbonyl (C=O) groups excluding carboxylic acids is 1. The second kappa shape index (κ2) is 8.69. The fraction of sp³-hybridized carbons (Fsp3) is 0.500. The summed E-state index contributed by atoms with van der Waals surface area (Å²) >= 11 is 6.02. The van der Waals surface area contributed by atoms with Crippen LogP contribution in [0.1, 0.15) is 37.6 Å². The Labute approximate surface area is 159 Å². The molecule has 1 aliphatic heterocycles. The van der Waals surface area contributed by atoms with E-state index in [1.165, 1.54) is 19.3 Å². The molecular formula is C20H26ClN3O2. The summed E-state index contributed by atoms with van der Waals surface area (Å²) < 4.78 is 5.72. The van der Waals surface area contributed by atoms with Gasteiger partial charge in [-0.05, 0) is 58.0 Å². The van der Waals surface area contributed by atoms with Crippen molar-refractivity contribution in [2.45, 2.75) is 45.6 Å². The predicted octanol–water partition coefficient (Wildman–Crippen LogP) is 3.84. The molecule has 0 bridgehead atoms. The molecule has 1 N–H and O–H groups in total. The highest BCUT2D eigenvalue weighted by atomic mass is 35.5. The third kappa shape index (κ3) is 4.86. The summed E-state index contributed by atoms with van der Waals surface area (Å²) in [6, 6.07) is 7.71. The third-order valence-corrected chi connectivity index (χ3v) is 5.14. The van der Waals surface area contributed by atoms with Crippen LogP contribution in [-0.2, 0) is 11.2 Å². The van der Waals surface area contributed by atoms with E-state index in [4.69, 9.17) is 16.0 Å². The Morgan fingerprint density at radius 1 is 1.35 bits per heavy atom. The van der Waals surface area contributed by atoms with Crippen molar-refractivity contribution in [3.05, 3.63) is 40.7 Å². The molecule has 0 aliphatic carbocycles. The number of amides is 1. The van der Waals surface area contributed by atoms with Crippen LogP contribution in [0.4, 0.5) is 0 Å². The number of aryl methyl sites for hydroxylation is 1. The van der Waals surface area contributed by atoms with Crippen LogP contribution in [0.5, 0.6) is 0 Å². The lowest BCUT2D eigenvalue weighted by Gasteiger charge is -2.32. The van der Waals surface area contributed by atoms with Gasteiger partial charge in [-0.15, -0.1) is 0 Å². The fourth-order valence-corrected chi connectivity index (χ4v) is 3.49. The monoisotopic (exact) mass is 375 g/mol. The molecule has 1 unspecified atom stereocenters. The molecule has 1 amide bonds. The van der Waals surface area contributed by atoms with Gasteiger partial charge in [-0.25, -0.2) is 4.98 Å². The van der Waals surface area contributed by atoms with E-state index in [2.05, 4.69) is 22.1 Å². The van der Waals surface area contributed by atoms with Gasteiger partial charge in [0.25, 0.3) is 0 Å². The molecule has 6 heteroatoms. The Kier molecular flexibility index (Phi) is 6.33. The Bertz CT molecular complexity index is 753. The minimum Gasteiger partial charge on any atom is -0.441 e. The SMILES string of the molecule is Cc1oc(-c2cccc(Cl)c2)nc1CC(=O)NCC(C)N1CCCCC1. The van der Waals surface area contributed by atoms with Crippen molar-refractivity contribution >= 4 is 17.5 Å². The molecule has 1 atom stereocenters. The summed E-state index contributed by atoms with van der Waals surface area (Å²) in [7, 11) is 0. The number of likely N-dealkylation sites (tertiary alicyclic amines) is 1. The van der Waals surface area contributed by atoms with Crippen LogP contribution in [0.25, 0.3) is 11.5 Å². The Morgan fingerprint density at radius 2 is 2.12 bits per heavy atom. The molecule has 1 aliphatic rings. The van der Waals surface area contributed by atoms with Gasteiger partial charge < -0.3 is 9.73 Å². The number of halogens is 1. The van der Waals surface area contributed by atoms with Gasteiger partial charge in [-0.3, -0.25) is 9.69 Å². The molecule has 2 heterocycles. The predicted molar refractivity (Wildman–Crippen MR) is 103 cm³/mol. The minimum absolute atomic E-state index is 0.0251. The van der Waals surface area contributed by atoms with Gasteiger partial charge in [0.05, 0.1) is 12.1 Å². The first-order valence-electron chi connectivity index (χ1n) is 9.26. The molecule has 0 radical (unpaired) electrons. The average Bonchev–Trinajstić information content (AvgIpc) is 3.01. The summed E-state index contributed by atoms with van der Waals surface area (Å²) in [6.07, 6.45) is 4.05. The smallest absolute Gasteiger partial charge is 0.226 e. The standard InChI is InChI=1S/C20H26ClN3O2/c1-14(24-9-4-3-5-10-24)13-22-19(25)12-18-15(2)26-20(23-18)16-7-6-8-17(21)11-16/h6-8,11,14H,3-5,9-10,12-13H2,1-2H3,(H,22,25). The maximum atomic E-state index is 12.3. The van der Waals surface area contributed by atoms with Crippen LogP contribution < -0.4 is 5.32 Å². The van der Waals surface area contributed by atoms with Gasteiger partial charge in [0.15, 0.2) is 0 Å². The quantitative estimate of drug-likeness (QED) is 0.833. The Hall–Kier alpha value is -1.85. The Morgan fingerprint density at radius 3 is 2.85 bits per heavy atom. The van der Waals surface area contributed by atoms with Gasteiger partial charge in [0.2, 0.25) is 11.8 Å². The van der Waals surface area contributed by atoms with Gasteiger partial charge >= 0.3 is 0 Å². The normalized spacial score (nSPS) is 16.4. The molecule has 0 spiro atoms. The summed E-state index contributed by atoms with van der Waals surface area (Å²) in [5, 5.41) is 3.66. The van der Waals surface area contributed by atoms with Crippen molar-refractivity contribution in [3.8, 4) is 11.5 Å². The summed E-state index contributed by atoms with van der Waals surface area (Å²) in [5.74, 6) is 1.14. The van der Waals surface area contributed by atoms with E-state index in [0.29, 0.717) is 35.0 Å². The number of nitrogens with one attached hydrogen (secondary N) is 1. The van der Waals surface area contributed by atoms with E-state index in [9.17, 15) is 4.79 Å². The second-order valence-corrected chi connectivity index (χ2v) is 7.40. The van der Waals surface area contributed by atoms with Crippen LogP contribution in [0.3, 0.4) is 0 Å².